The van der Waals surface area contributed by atoms with Gasteiger partial charge < -0.3 is 4.57 Å². The van der Waals surface area contributed by atoms with Crippen molar-refractivity contribution in [2.75, 3.05) is 0 Å². The smallest absolute Gasteiger partial charge is 0.156 e. The van der Waals surface area contributed by atoms with E-state index in [2.05, 4.69) is 33.9 Å². The van der Waals surface area contributed by atoms with Crippen LogP contribution in [0.1, 0.15) is 11.1 Å². The lowest BCUT2D eigenvalue weighted by Crippen LogP contribution is -1.97. The Labute approximate surface area is 203 Å². The first-order chi connectivity index (χ1) is 15.6. The first kappa shape index (κ1) is 21.1. The average Bonchev–Trinajstić information content (AvgIpc) is 3.37. The summed E-state index contributed by atoms with van der Waals surface area (Å²) >= 11 is 15.3. The molecule has 0 unspecified atom stereocenters. The minimum atomic E-state index is 0.541. The molecule has 0 atom stereocenters. The van der Waals surface area contributed by atoms with Crippen LogP contribution in [0.4, 0.5) is 0 Å². The van der Waals surface area contributed by atoms with Crippen LogP contribution in [0.25, 0.3) is 27.2 Å². The Bertz CT molecular complexity index is 1490. The summed E-state index contributed by atoms with van der Waals surface area (Å²) in [7, 11) is 0. The maximum atomic E-state index is 9.80. The molecule has 0 bridgehead atoms. The van der Waals surface area contributed by atoms with Crippen molar-refractivity contribution in [1.82, 2.24) is 9.55 Å². The van der Waals surface area contributed by atoms with E-state index < -0.39 is 0 Å². The van der Waals surface area contributed by atoms with E-state index in [4.69, 9.17) is 23.2 Å². The number of hydrogen-bond acceptors (Lipinski definition) is 4. The third-order valence-corrected chi connectivity index (χ3v) is 7.79. The highest BCUT2D eigenvalue weighted by molar-refractivity contribution is 8.05. The van der Waals surface area contributed by atoms with Crippen molar-refractivity contribution in [2.24, 2.45) is 0 Å². The van der Waals surface area contributed by atoms with Gasteiger partial charge in [-0.3, -0.25) is 0 Å². The molecule has 0 saturated carbocycles. The third kappa shape index (κ3) is 4.28. The maximum Gasteiger partial charge on any atom is 0.156 e. The topological polar surface area (TPSA) is 41.6 Å². The first-order valence-corrected chi connectivity index (χ1v) is 12.2. The summed E-state index contributed by atoms with van der Waals surface area (Å²) in [6.07, 6.45) is 4.01. The molecule has 3 nitrogen and oxygen atoms in total. The molecule has 0 spiro atoms. The number of nitrogens with zero attached hydrogens (tertiary/aromatic N) is 3. The fraction of sp³-hybridized carbons (Fsp3) is 0.0400. The minimum absolute atomic E-state index is 0.541. The quantitative estimate of drug-likeness (QED) is 0.183. The summed E-state index contributed by atoms with van der Waals surface area (Å²) in [6, 6.07) is 24.2. The van der Waals surface area contributed by atoms with E-state index in [1.54, 1.807) is 11.3 Å². The van der Waals surface area contributed by atoms with Gasteiger partial charge in [0.05, 0.1) is 25.2 Å². The van der Waals surface area contributed by atoms with E-state index in [-0.39, 0.29) is 0 Å². The zero-order valence-electron chi connectivity index (χ0n) is 16.6. The van der Waals surface area contributed by atoms with E-state index in [9.17, 15) is 5.26 Å². The van der Waals surface area contributed by atoms with Gasteiger partial charge in [0, 0.05) is 29.2 Å². The number of hydrogen-bond donors (Lipinski definition) is 0. The molecule has 0 fully saturated rings. The van der Waals surface area contributed by atoms with Crippen LogP contribution in [0.15, 0.2) is 82.2 Å². The summed E-state index contributed by atoms with van der Waals surface area (Å²) < 4.78 is 4.14. The zero-order chi connectivity index (χ0) is 22.1. The molecule has 0 radical (unpaired) electrons. The van der Waals surface area contributed by atoms with Crippen molar-refractivity contribution in [2.45, 2.75) is 10.9 Å². The van der Waals surface area contributed by atoms with Crippen LogP contribution in [0.3, 0.4) is 0 Å². The summed E-state index contributed by atoms with van der Waals surface area (Å²) in [5.41, 5.74) is 4.09. The van der Waals surface area contributed by atoms with Gasteiger partial charge in [0.1, 0.15) is 6.07 Å². The molecule has 0 aliphatic carbocycles. The fourth-order valence-corrected chi connectivity index (χ4v) is 5.86. The molecule has 2 aromatic heterocycles. The van der Waals surface area contributed by atoms with Gasteiger partial charge in [-0.15, -0.1) is 11.3 Å². The summed E-state index contributed by atoms with van der Waals surface area (Å²) in [6.45, 7) is 0.651. The van der Waals surface area contributed by atoms with Crippen molar-refractivity contribution in [3.8, 4) is 6.07 Å². The lowest BCUT2D eigenvalue weighted by Gasteiger charge is -2.06. The van der Waals surface area contributed by atoms with Crippen LogP contribution in [-0.2, 0) is 6.54 Å². The monoisotopic (exact) mass is 491 g/mol. The Hall–Kier alpha value is -2.75. The Kier molecular flexibility index (Phi) is 5.95. The average molecular weight is 492 g/mol. The van der Waals surface area contributed by atoms with Crippen LogP contribution >= 0.6 is 46.3 Å². The molecule has 2 heterocycles. The highest BCUT2D eigenvalue weighted by atomic mass is 35.5. The molecule has 32 heavy (non-hydrogen) atoms. The zero-order valence-corrected chi connectivity index (χ0v) is 19.8. The largest absolute Gasteiger partial charge is 0.342 e. The normalized spacial score (nSPS) is 11.8. The molecule has 156 valence electrons. The van der Waals surface area contributed by atoms with E-state index in [0.29, 0.717) is 21.5 Å². The Balaban J connectivity index is 1.50. The standard InChI is InChI=1S/C25H15Cl2N3S2/c26-20-10-9-16(11-21(20)27)14-30-15-17(19-5-1-3-7-23(19)30)12-18(13-28)31-25-29-22-6-2-4-8-24(22)32-25/h1-12,15H,14H2/b18-12+. The number of thioether (sulfide) groups is 1. The lowest BCUT2D eigenvalue weighted by molar-refractivity contribution is 0.836. The molecule has 5 rings (SSSR count). The van der Waals surface area contributed by atoms with Crippen LogP contribution in [0.5, 0.6) is 0 Å². The molecule has 3 aromatic carbocycles. The van der Waals surface area contributed by atoms with Crippen LogP contribution in [0.2, 0.25) is 10.0 Å². The molecule has 0 N–H and O–H groups in total. The van der Waals surface area contributed by atoms with Gasteiger partial charge in [-0.1, -0.05) is 59.6 Å². The number of halogens is 2. The second kappa shape index (κ2) is 9.01. The molecule has 0 aliphatic rings. The number of aromatic nitrogens is 2. The van der Waals surface area contributed by atoms with E-state index in [0.717, 1.165) is 36.6 Å². The maximum absolute atomic E-state index is 9.80. The van der Waals surface area contributed by atoms with E-state index >= 15 is 0 Å². The van der Waals surface area contributed by atoms with Gasteiger partial charge in [-0.05, 0) is 53.7 Å². The Morgan fingerprint density at radius 2 is 1.88 bits per heavy atom. The van der Waals surface area contributed by atoms with Gasteiger partial charge in [0.25, 0.3) is 0 Å². The number of benzene rings is 3. The predicted molar refractivity (Wildman–Crippen MR) is 137 cm³/mol. The molecule has 0 amide bonds. The molecule has 0 aliphatic heterocycles. The number of rotatable bonds is 5. The number of allylic oxidation sites excluding steroid dienone is 1. The van der Waals surface area contributed by atoms with Crippen LogP contribution < -0.4 is 0 Å². The molecule has 7 heteroatoms. The van der Waals surface area contributed by atoms with Crippen LogP contribution in [-0.4, -0.2) is 9.55 Å². The number of thiazole rings is 1. The first-order valence-electron chi connectivity index (χ1n) is 9.78. The van der Waals surface area contributed by atoms with Crippen molar-refractivity contribution in [3.05, 3.63) is 99.0 Å². The lowest BCUT2D eigenvalue weighted by atomic mass is 10.1. The van der Waals surface area contributed by atoms with Crippen LogP contribution in [0, 0.1) is 11.3 Å². The summed E-state index contributed by atoms with van der Waals surface area (Å²) in [5.74, 6) is 0. The van der Waals surface area contributed by atoms with Crippen molar-refractivity contribution < 1.29 is 0 Å². The SMILES string of the molecule is N#C/C(=C\c1cn(Cc2ccc(Cl)c(Cl)c2)c2ccccc12)Sc1nc2ccccc2s1. The second-order valence-corrected chi connectivity index (χ2v) is 10.3. The Morgan fingerprint density at radius 1 is 1.06 bits per heavy atom. The molecular formula is C25H15Cl2N3S2. The van der Waals surface area contributed by atoms with Gasteiger partial charge in [-0.25, -0.2) is 4.98 Å². The number of fused-ring (bicyclic) bond motifs is 2. The van der Waals surface area contributed by atoms with Gasteiger partial charge >= 0.3 is 0 Å². The second-order valence-electron chi connectivity index (χ2n) is 7.15. The molecule has 0 saturated heterocycles. The minimum Gasteiger partial charge on any atom is -0.342 e. The Morgan fingerprint density at radius 3 is 2.69 bits per heavy atom. The van der Waals surface area contributed by atoms with Gasteiger partial charge in [0.15, 0.2) is 4.34 Å². The number of para-hydroxylation sites is 2. The predicted octanol–water partition coefficient (Wildman–Crippen LogP) is 8.26. The van der Waals surface area contributed by atoms with Crippen molar-refractivity contribution >= 4 is 73.5 Å². The highest BCUT2D eigenvalue weighted by Crippen LogP contribution is 2.35. The van der Waals surface area contributed by atoms with E-state index in [1.807, 2.05) is 60.7 Å². The molecule has 5 aromatic rings. The van der Waals surface area contributed by atoms with Crippen molar-refractivity contribution in [1.29, 1.82) is 5.26 Å². The highest BCUT2D eigenvalue weighted by Gasteiger charge is 2.11. The number of nitriles is 1. The summed E-state index contributed by atoms with van der Waals surface area (Å²) in [5, 5.41) is 12.0. The van der Waals surface area contributed by atoms with Gasteiger partial charge in [-0.2, -0.15) is 5.26 Å². The van der Waals surface area contributed by atoms with E-state index in [1.165, 1.54) is 11.8 Å². The van der Waals surface area contributed by atoms with Gasteiger partial charge in [0.2, 0.25) is 0 Å². The van der Waals surface area contributed by atoms with Crippen molar-refractivity contribution in [3.63, 3.8) is 0 Å². The fourth-order valence-electron chi connectivity index (χ4n) is 3.57. The third-order valence-electron chi connectivity index (χ3n) is 5.02. The summed E-state index contributed by atoms with van der Waals surface area (Å²) in [4.78, 5) is 5.24. The molecular weight excluding hydrogens is 477 g/mol.